The van der Waals surface area contributed by atoms with E-state index >= 15 is 0 Å². The number of carbonyl (C=O) groups is 2. The van der Waals surface area contributed by atoms with Crippen LogP contribution in [0.3, 0.4) is 0 Å². The summed E-state index contributed by atoms with van der Waals surface area (Å²) in [6.45, 7) is 2.22. The van der Waals surface area contributed by atoms with Crippen LogP contribution in [0.4, 0.5) is 4.79 Å². The molecule has 3 aromatic carbocycles. The predicted octanol–water partition coefficient (Wildman–Crippen LogP) is 3.81. The zero-order chi connectivity index (χ0) is 23.2. The van der Waals surface area contributed by atoms with Crippen LogP contribution in [0.2, 0.25) is 0 Å². The molecule has 0 radical (unpaired) electrons. The Bertz CT molecular complexity index is 1370. The van der Waals surface area contributed by atoms with Crippen LogP contribution in [-0.4, -0.2) is 27.2 Å². The number of nitrogens with one attached hydrogen (secondary N) is 2. The van der Waals surface area contributed by atoms with Gasteiger partial charge < -0.3 is 5.32 Å². The molecule has 0 fully saturated rings. The highest BCUT2D eigenvalue weighted by molar-refractivity contribution is 7.99. The second-order valence-electron chi connectivity index (χ2n) is 7.34. The van der Waals surface area contributed by atoms with E-state index in [0.29, 0.717) is 28.3 Å². The van der Waals surface area contributed by atoms with E-state index in [2.05, 4.69) is 15.6 Å². The maximum Gasteiger partial charge on any atom is 0.321 e. The Morgan fingerprint density at radius 2 is 1.64 bits per heavy atom. The number of aromatic nitrogens is 2. The van der Waals surface area contributed by atoms with Crippen LogP contribution in [0.1, 0.15) is 11.1 Å². The Morgan fingerprint density at radius 1 is 0.939 bits per heavy atom. The first-order valence-corrected chi connectivity index (χ1v) is 11.3. The van der Waals surface area contributed by atoms with Crippen molar-refractivity contribution in [2.45, 2.75) is 18.6 Å². The maximum atomic E-state index is 13.3. The molecular weight excluding hydrogens is 436 g/mol. The monoisotopic (exact) mass is 458 g/mol. The Balaban J connectivity index is 1.51. The number of aryl methyl sites for hydroxylation is 1. The Kier molecular flexibility index (Phi) is 6.85. The van der Waals surface area contributed by atoms with Gasteiger partial charge in [-0.25, -0.2) is 9.78 Å². The Hall–Kier alpha value is -3.91. The average Bonchev–Trinajstić information content (AvgIpc) is 2.83. The first-order chi connectivity index (χ1) is 16.0. The molecule has 0 saturated carbocycles. The van der Waals surface area contributed by atoms with E-state index in [1.165, 1.54) is 4.57 Å². The number of thioether (sulfide) groups is 1. The van der Waals surface area contributed by atoms with Crippen molar-refractivity contribution in [3.05, 3.63) is 100 Å². The SMILES string of the molecule is Cc1ccccc1-n1c(SCC(=O)NC(=O)NCc2ccccc2)nc2ccccc2c1=O. The minimum absolute atomic E-state index is 0.0740. The van der Waals surface area contributed by atoms with Crippen LogP contribution in [-0.2, 0) is 11.3 Å². The molecule has 0 saturated heterocycles. The molecule has 33 heavy (non-hydrogen) atoms. The number of hydrogen-bond acceptors (Lipinski definition) is 5. The highest BCUT2D eigenvalue weighted by atomic mass is 32.2. The van der Waals surface area contributed by atoms with Gasteiger partial charge in [-0.1, -0.05) is 72.4 Å². The van der Waals surface area contributed by atoms with Gasteiger partial charge >= 0.3 is 6.03 Å². The largest absolute Gasteiger partial charge is 0.334 e. The minimum atomic E-state index is -0.577. The summed E-state index contributed by atoms with van der Waals surface area (Å²) in [5.74, 6) is -0.556. The fourth-order valence-electron chi connectivity index (χ4n) is 3.35. The lowest BCUT2D eigenvalue weighted by Gasteiger charge is -2.15. The van der Waals surface area contributed by atoms with E-state index in [4.69, 9.17) is 0 Å². The molecule has 3 amide bonds. The standard InChI is InChI=1S/C25H22N4O3S/c1-17-9-5-8-14-21(17)29-23(31)19-12-6-7-13-20(19)27-25(29)33-16-22(30)28-24(32)26-15-18-10-3-2-4-11-18/h2-14H,15-16H2,1H3,(H2,26,28,30,32). The molecular formula is C25H22N4O3S. The van der Waals surface area contributed by atoms with Crippen LogP contribution >= 0.6 is 11.8 Å². The number of rotatable bonds is 6. The zero-order valence-corrected chi connectivity index (χ0v) is 18.8. The van der Waals surface area contributed by atoms with E-state index in [9.17, 15) is 14.4 Å². The molecule has 0 aliphatic carbocycles. The van der Waals surface area contributed by atoms with Crippen molar-refractivity contribution in [3.63, 3.8) is 0 Å². The van der Waals surface area contributed by atoms with Crippen molar-refractivity contribution in [1.29, 1.82) is 0 Å². The van der Waals surface area contributed by atoms with Gasteiger partial charge in [0.15, 0.2) is 5.16 Å². The van der Waals surface area contributed by atoms with E-state index in [1.807, 2.05) is 67.6 Å². The number of carbonyl (C=O) groups excluding carboxylic acids is 2. The first-order valence-electron chi connectivity index (χ1n) is 10.3. The van der Waals surface area contributed by atoms with Crippen molar-refractivity contribution in [2.75, 3.05) is 5.75 Å². The second kappa shape index (κ2) is 10.1. The number of urea groups is 1. The molecule has 0 unspecified atom stereocenters. The molecule has 166 valence electrons. The topological polar surface area (TPSA) is 93.1 Å². The lowest BCUT2D eigenvalue weighted by molar-refractivity contribution is -0.117. The predicted molar refractivity (Wildman–Crippen MR) is 130 cm³/mol. The van der Waals surface area contributed by atoms with Crippen LogP contribution in [0, 0.1) is 6.92 Å². The molecule has 0 aliphatic heterocycles. The van der Waals surface area contributed by atoms with Gasteiger partial charge in [0.2, 0.25) is 5.91 Å². The molecule has 4 rings (SSSR count). The van der Waals surface area contributed by atoms with Crippen LogP contribution in [0.5, 0.6) is 0 Å². The smallest absolute Gasteiger partial charge is 0.321 e. The van der Waals surface area contributed by atoms with Gasteiger partial charge in [0.1, 0.15) is 0 Å². The van der Waals surface area contributed by atoms with Gasteiger partial charge in [-0.05, 0) is 36.2 Å². The molecule has 1 heterocycles. The maximum absolute atomic E-state index is 13.3. The molecule has 0 spiro atoms. The Morgan fingerprint density at radius 3 is 2.42 bits per heavy atom. The van der Waals surface area contributed by atoms with Crippen LogP contribution in [0.15, 0.2) is 88.8 Å². The summed E-state index contributed by atoms with van der Waals surface area (Å²) in [4.78, 5) is 42.4. The Labute approximate surface area is 194 Å². The van der Waals surface area contributed by atoms with Crippen molar-refractivity contribution in [1.82, 2.24) is 20.2 Å². The fraction of sp³-hybridized carbons (Fsp3) is 0.120. The quantitative estimate of drug-likeness (QED) is 0.339. The van der Waals surface area contributed by atoms with Crippen LogP contribution in [0.25, 0.3) is 16.6 Å². The normalized spacial score (nSPS) is 10.7. The third-order valence-electron chi connectivity index (χ3n) is 4.98. The van der Waals surface area contributed by atoms with E-state index in [0.717, 1.165) is 22.9 Å². The summed E-state index contributed by atoms with van der Waals surface area (Å²) in [7, 11) is 0. The molecule has 1 aromatic heterocycles. The van der Waals surface area contributed by atoms with Crippen LogP contribution < -0.4 is 16.2 Å². The van der Waals surface area contributed by atoms with E-state index in [-0.39, 0.29) is 11.3 Å². The summed E-state index contributed by atoms with van der Waals surface area (Å²) >= 11 is 1.10. The number of benzene rings is 3. The molecule has 7 nitrogen and oxygen atoms in total. The lowest BCUT2D eigenvalue weighted by Crippen LogP contribution is -2.40. The molecule has 0 atom stereocenters. The number of hydrogen-bond donors (Lipinski definition) is 2. The summed E-state index contributed by atoms with van der Waals surface area (Å²) < 4.78 is 1.52. The van der Waals surface area contributed by atoms with Gasteiger partial charge in [0, 0.05) is 6.54 Å². The van der Waals surface area contributed by atoms with Crippen molar-refractivity contribution >= 4 is 34.6 Å². The molecule has 0 bridgehead atoms. The zero-order valence-electron chi connectivity index (χ0n) is 17.9. The van der Waals surface area contributed by atoms with E-state index < -0.39 is 11.9 Å². The third-order valence-corrected chi connectivity index (χ3v) is 5.92. The number of amides is 3. The summed E-state index contributed by atoms with van der Waals surface area (Å²) in [6.07, 6.45) is 0. The summed E-state index contributed by atoms with van der Waals surface area (Å²) in [5, 5.41) is 5.85. The number of fused-ring (bicyclic) bond motifs is 1. The summed E-state index contributed by atoms with van der Waals surface area (Å²) in [5.41, 5.74) is 2.87. The van der Waals surface area contributed by atoms with Gasteiger partial charge in [0.05, 0.1) is 22.3 Å². The second-order valence-corrected chi connectivity index (χ2v) is 8.29. The molecule has 4 aromatic rings. The third kappa shape index (κ3) is 5.30. The average molecular weight is 459 g/mol. The number of nitrogens with zero attached hydrogens (tertiary/aromatic N) is 2. The first kappa shape index (κ1) is 22.3. The van der Waals surface area contributed by atoms with Gasteiger partial charge in [0.25, 0.3) is 5.56 Å². The number of para-hydroxylation sites is 2. The van der Waals surface area contributed by atoms with Gasteiger partial charge in [-0.3, -0.25) is 19.5 Å². The van der Waals surface area contributed by atoms with E-state index in [1.54, 1.807) is 18.2 Å². The molecule has 0 aliphatic rings. The van der Waals surface area contributed by atoms with Crippen molar-refractivity contribution in [3.8, 4) is 5.69 Å². The van der Waals surface area contributed by atoms with Crippen molar-refractivity contribution < 1.29 is 9.59 Å². The van der Waals surface area contributed by atoms with Gasteiger partial charge in [-0.15, -0.1) is 0 Å². The highest BCUT2D eigenvalue weighted by Crippen LogP contribution is 2.22. The summed E-state index contributed by atoms with van der Waals surface area (Å²) in [6, 6.07) is 23.4. The van der Waals surface area contributed by atoms with Crippen molar-refractivity contribution in [2.24, 2.45) is 0 Å². The minimum Gasteiger partial charge on any atom is -0.334 e. The highest BCUT2D eigenvalue weighted by Gasteiger charge is 2.16. The molecule has 2 N–H and O–H groups in total. The lowest BCUT2D eigenvalue weighted by atomic mass is 10.2. The molecule has 8 heteroatoms. The fourth-order valence-corrected chi connectivity index (χ4v) is 4.16. The van der Waals surface area contributed by atoms with Gasteiger partial charge in [-0.2, -0.15) is 0 Å². The number of imide groups is 1.